The van der Waals surface area contributed by atoms with Crippen LogP contribution in [-0.2, 0) is 5.41 Å². The summed E-state index contributed by atoms with van der Waals surface area (Å²) in [5.74, 6) is 0.402. The molecule has 1 heterocycles. The van der Waals surface area contributed by atoms with Crippen LogP contribution in [0.15, 0.2) is 151 Å². The van der Waals surface area contributed by atoms with E-state index in [1.165, 1.54) is 86.6 Å². The van der Waals surface area contributed by atoms with Crippen molar-refractivity contribution in [2.75, 3.05) is 5.32 Å². The molecule has 6 aromatic carbocycles. The Labute approximate surface area is 367 Å². The summed E-state index contributed by atoms with van der Waals surface area (Å²) in [6.45, 7) is 24.6. The second-order valence-corrected chi connectivity index (χ2v) is 22.0. The molecule has 2 atom stereocenters. The van der Waals surface area contributed by atoms with Crippen LogP contribution in [0.3, 0.4) is 0 Å². The molecule has 0 saturated carbocycles. The molecule has 7 aromatic rings. The van der Waals surface area contributed by atoms with Gasteiger partial charge in [0, 0.05) is 37.0 Å². The van der Waals surface area contributed by atoms with Crippen molar-refractivity contribution in [2.45, 2.75) is 87.5 Å². The van der Waals surface area contributed by atoms with Gasteiger partial charge in [-0.05, 0) is 132 Å². The summed E-state index contributed by atoms with van der Waals surface area (Å²) < 4.78 is 2.62. The first-order valence-corrected chi connectivity index (χ1v) is 23.2. The molecule has 61 heavy (non-hydrogen) atoms. The molecular weight excluding hydrogens is 755 g/mol. The summed E-state index contributed by atoms with van der Waals surface area (Å²) in [4.78, 5) is 0. The van der Waals surface area contributed by atoms with E-state index in [9.17, 15) is 0 Å². The Hall–Kier alpha value is -5.44. The van der Waals surface area contributed by atoms with E-state index in [1.54, 1.807) is 5.57 Å². The number of hydrogen-bond acceptors (Lipinski definition) is 2. The van der Waals surface area contributed by atoms with E-state index in [4.69, 9.17) is 0 Å². The number of thiophene rings is 1. The molecule has 1 N–H and O–H groups in total. The Morgan fingerprint density at radius 3 is 2.15 bits per heavy atom. The maximum atomic E-state index is 3.98. The van der Waals surface area contributed by atoms with Crippen molar-refractivity contribution in [3.8, 4) is 22.3 Å². The minimum absolute atomic E-state index is 0.00895. The monoisotopic (exact) mass is 813 g/mol. The van der Waals surface area contributed by atoms with Gasteiger partial charge in [0.15, 0.2) is 0 Å². The van der Waals surface area contributed by atoms with Gasteiger partial charge in [-0.15, -0.1) is 11.3 Å². The zero-order valence-electron chi connectivity index (χ0n) is 37.7. The fraction of sp³-hybridized carbons (Fsp3) is 0.288. The van der Waals surface area contributed by atoms with Crippen LogP contribution in [0.4, 0.5) is 11.4 Å². The summed E-state index contributed by atoms with van der Waals surface area (Å²) in [6.07, 6.45) is 11.9. The molecular formula is C59H59NS. The lowest BCUT2D eigenvalue weighted by Gasteiger charge is -2.47. The average Bonchev–Trinajstić information content (AvgIpc) is 3.71. The van der Waals surface area contributed by atoms with Crippen LogP contribution in [0.2, 0.25) is 0 Å². The van der Waals surface area contributed by atoms with Crippen LogP contribution in [0.25, 0.3) is 64.3 Å². The van der Waals surface area contributed by atoms with E-state index in [1.807, 2.05) is 11.3 Å². The van der Waals surface area contributed by atoms with E-state index >= 15 is 0 Å². The van der Waals surface area contributed by atoms with Gasteiger partial charge < -0.3 is 5.32 Å². The van der Waals surface area contributed by atoms with Crippen LogP contribution < -0.4 is 5.32 Å². The van der Waals surface area contributed by atoms with Crippen LogP contribution in [0.1, 0.15) is 98.8 Å². The van der Waals surface area contributed by atoms with Gasteiger partial charge in [0.25, 0.3) is 0 Å². The standard InChI is InChI=1S/C59H59NS/c1-36-18-11-13-21-41(36)52-44(30-31-46-55(52)54-47(56(2,3)4)34-59(10,57(5,6)7)35-48(54)58(46,8)9)39-32-49(53-45-23-15-16-25-50(45)61-51(53)33-39)60-40-28-26-38(27-29-40)43-24-17-20-37-19-12-14-22-42(37)43/h11-17,19-33,35-36,60H,18,34H2,1-10H3. The van der Waals surface area contributed by atoms with E-state index in [-0.39, 0.29) is 21.7 Å². The van der Waals surface area contributed by atoms with Gasteiger partial charge in [-0.3, -0.25) is 0 Å². The molecule has 3 aliphatic rings. The third-order valence-corrected chi connectivity index (χ3v) is 15.9. The lowest BCUT2D eigenvalue weighted by Crippen LogP contribution is -2.37. The summed E-state index contributed by atoms with van der Waals surface area (Å²) >= 11 is 1.90. The summed E-state index contributed by atoms with van der Waals surface area (Å²) in [5, 5.41) is 9.11. The molecule has 2 unspecified atom stereocenters. The molecule has 0 amide bonds. The van der Waals surface area contributed by atoms with Crippen molar-refractivity contribution >= 4 is 64.8 Å². The van der Waals surface area contributed by atoms with Crippen LogP contribution in [0, 0.1) is 22.2 Å². The molecule has 0 spiro atoms. The number of anilines is 2. The molecule has 0 radical (unpaired) electrons. The van der Waals surface area contributed by atoms with Crippen molar-refractivity contribution < 1.29 is 0 Å². The number of rotatable bonds is 5. The minimum Gasteiger partial charge on any atom is -0.355 e. The predicted octanol–water partition coefficient (Wildman–Crippen LogP) is 17.7. The molecule has 0 aliphatic heterocycles. The van der Waals surface area contributed by atoms with Gasteiger partial charge >= 0.3 is 0 Å². The van der Waals surface area contributed by atoms with E-state index < -0.39 is 0 Å². The largest absolute Gasteiger partial charge is 0.355 e. The van der Waals surface area contributed by atoms with Crippen molar-refractivity contribution in [1.82, 2.24) is 0 Å². The first-order valence-electron chi connectivity index (χ1n) is 22.4. The first-order chi connectivity index (χ1) is 29.0. The van der Waals surface area contributed by atoms with Gasteiger partial charge in [-0.2, -0.15) is 0 Å². The Morgan fingerprint density at radius 1 is 0.689 bits per heavy atom. The van der Waals surface area contributed by atoms with Crippen LogP contribution >= 0.6 is 11.3 Å². The maximum absolute atomic E-state index is 3.98. The van der Waals surface area contributed by atoms with Crippen LogP contribution in [0.5, 0.6) is 0 Å². The lowest BCUT2D eigenvalue weighted by molar-refractivity contribution is 0.156. The highest BCUT2D eigenvalue weighted by molar-refractivity contribution is 7.26. The van der Waals surface area contributed by atoms with Gasteiger partial charge in [0.05, 0.1) is 0 Å². The topological polar surface area (TPSA) is 12.0 Å². The second-order valence-electron chi connectivity index (χ2n) is 21.0. The molecule has 1 aromatic heterocycles. The molecule has 0 saturated heterocycles. The molecule has 3 aliphatic carbocycles. The predicted molar refractivity (Wildman–Crippen MR) is 268 cm³/mol. The molecule has 2 heteroatoms. The Bertz CT molecular complexity index is 3050. The Balaban J connectivity index is 1.19. The van der Waals surface area contributed by atoms with E-state index in [2.05, 4.69) is 214 Å². The van der Waals surface area contributed by atoms with Crippen molar-refractivity contribution in [2.24, 2.45) is 22.2 Å². The van der Waals surface area contributed by atoms with Gasteiger partial charge in [-0.25, -0.2) is 0 Å². The van der Waals surface area contributed by atoms with E-state index in [0.29, 0.717) is 5.92 Å². The normalized spacial score (nSPS) is 19.9. The summed E-state index contributed by atoms with van der Waals surface area (Å²) in [5.41, 5.74) is 17.8. The van der Waals surface area contributed by atoms with Gasteiger partial charge in [-0.1, -0.05) is 184 Å². The first kappa shape index (κ1) is 39.7. The SMILES string of the molecule is CC1CC=CC=C1c1c(-c2cc(Nc3ccc(-c4cccc5ccccc45)cc3)c3c(c2)sc2ccccc23)ccc2c1C1=C(C(C)(C)C)CC(C)(C(C)(C)C)C=C1C2(C)C. The third kappa shape index (κ3) is 6.39. The zero-order valence-corrected chi connectivity index (χ0v) is 38.5. The van der Waals surface area contributed by atoms with Crippen molar-refractivity contribution in [1.29, 1.82) is 0 Å². The second kappa shape index (κ2) is 14.0. The maximum Gasteiger partial charge on any atom is 0.0485 e. The quantitative estimate of drug-likeness (QED) is 0.183. The Morgan fingerprint density at radius 2 is 1.41 bits per heavy atom. The van der Waals surface area contributed by atoms with Gasteiger partial charge in [0.2, 0.25) is 0 Å². The van der Waals surface area contributed by atoms with E-state index in [0.717, 1.165) is 24.2 Å². The highest BCUT2D eigenvalue weighted by atomic mass is 32.1. The molecule has 1 nitrogen and oxygen atoms in total. The number of fused-ring (bicyclic) bond motifs is 7. The summed E-state index contributed by atoms with van der Waals surface area (Å²) in [6, 6.07) is 43.1. The minimum atomic E-state index is -0.129. The number of allylic oxidation sites excluding steroid dienone is 8. The highest BCUT2D eigenvalue weighted by Crippen LogP contribution is 2.63. The Kier molecular flexibility index (Phi) is 9.14. The molecule has 0 fully saturated rings. The highest BCUT2D eigenvalue weighted by Gasteiger charge is 2.50. The fourth-order valence-electron chi connectivity index (χ4n) is 10.6. The average molecular weight is 814 g/mol. The zero-order chi connectivity index (χ0) is 42.6. The van der Waals surface area contributed by atoms with Gasteiger partial charge in [0.1, 0.15) is 0 Å². The van der Waals surface area contributed by atoms with Crippen LogP contribution in [-0.4, -0.2) is 0 Å². The van der Waals surface area contributed by atoms with Crippen molar-refractivity contribution in [3.05, 3.63) is 167 Å². The molecule has 0 bridgehead atoms. The third-order valence-electron chi connectivity index (χ3n) is 14.8. The fourth-order valence-corrected chi connectivity index (χ4v) is 11.8. The van der Waals surface area contributed by atoms with Crippen molar-refractivity contribution in [3.63, 3.8) is 0 Å². The summed E-state index contributed by atoms with van der Waals surface area (Å²) in [7, 11) is 0. The smallest absolute Gasteiger partial charge is 0.0485 e. The number of nitrogens with one attached hydrogen (secondary N) is 1. The molecule has 10 rings (SSSR count). The molecule has 306 valence electrons. The number of hydrogen-bond donors (Lipinski definition) is 1. The number of benzene rings is 6. The lowest BCUT2D eigenvalue weighted by atomic mass is 9.57.